The maximum absolute atomic E-state index is 12.0. The van der Waals surface area contributed by atoms with E-state index < -0.39 is 5.54 Å². The molecule has 1 fully saturated rings. The minimum Gasteiger partial charge on any atom is -0.337 e. The third kappa shape index (κ3) is 2.34. The Kier molecular flexibility index (Phi) is 3.87. The number of aryl methyl sites for hydroxylation is 1. The van der Waals surface area contributed by atoms with E-state index in [4.69, 9.17) is 0 Å². The van der Waals surface area contributed by atoms with Crippen molar-refractivity contribution in [2.24, 2.45) is 0 Å². The van der Waals surface area contributed by atoms with E-state index in [1.165, 1.54) is 0 Å². The zero-order valence-electron chi connectivity index (χ0n) is 11.4. The van der Waals surface area contributed by atoms with E-state index in [9.17, 15) is 9.59 Å². The van der Waals surface area contributed by atoms with Crippen LogP contribution in [0.5, 0.6) is 0 Å². The molecule has 0 aromatic carbocycles. The molecular formula is C13H20N4O2. The Bertz CT molecular complexity index is 451. The Morgan fingerprint density at radius 3 is 2.58 bits per heavy atom. The fourth-order valence-electron chi connectivity index (χ4n) is 2.70. The highest BCUT2D eigenvalue weighted by molar-refractivity contribution is 6.06. The van der Waals surface area contributed by atoms with Crippen LogP contribution in [0.4, 0.5) is 4.79 Å². The smallest absolute Gasteiger partial charge is 0.325 e. The van der Waals surface area contributed by atoms with Crippen LogP contribution in [0.3, 0.4) is 0 Å². The zero-order valence-corrected chi connectivity index (χ0v) is 11.4. The first kappa shape index (κ1) is 13.6. The molecule has 6 nitrogen and oxygen atoms in total. The second kappa shape index (κ2) is 5.42. The van der Waals surface area contributed by atoms with Gasteiger partial charge in [-0.2, -0.15) is 0 Å². The first-order valence-electron chi connectivity index (χ1n) is 6.73. The summed E-state index contributed by atoms with van der Waals surface area (Å²) in [6.07, 6.45) is 7.47. The van der Waals surface area contributed by atoms with Crippen LogP contribution in [0.15, 0.2) is 18.7 Å². The van der Waals surface area contributed by atoms with Gasteiger partial charge in [0.05, 0.1) is 6.33 Å². The number of nitrogens with zero attached hydrogens (tertiary/aromatic N) is 3. The predicted molar refractivity (Wildman–Crippen MR) is 70.4 cm³/mol. The summed E-state index contributed by atoms with van der Waals surface area (Å²) in [4.78, 5) is 29.5. The molecule has 104 valence electrons. The van der Waals surface area contributed by atoms with E-state index in [0.717, 1.165) is 13.0 Å². The molecule has 0 saturated carbocycles. The van der Waals surface area contributed by atoms with Crippen LogP contribution in [0.1, 0.15) is 33.1 Å². The SMILES string of the molecule is CCC1(CC)C(=O)NC(=O)N1CCCn1ccnc1. The molecule has 1 N–H and O–H groups in total. The van der Waals surface area contributed by atoms with Gasteiger partial charge in [-0.3, -0.25) is 10.1 Å². The van der Waals surface area contributed by atoms with Gasteiger partial charge in [-0.15, -0.1) is 0 Å². The summed E-state index contributed by atoms with van der Waals surface area (Å²) in [5.74, 6) is -0.162. The minimum absolute atomic E-state index is 0.162. The van der Waals surface area contributed by atoms with Crippen LogP contribution in [-0.4, -0.2) is 38.5 Å². The number of imide groups is 1. The molecule has 0 atom stereocenters. The average molecular weight is 264 g/mol. The highest BCUT2D eigenvalue weighted by Crippen LogP contribution is 2.29. The molecule has 2 rings (SSSR count). The fraction of sp³-hybridized carbons (Fsp3) is 0.615. The van der Waals surface area contributed by atoms with Gasteiger partial charge in [0.1, 0.15) is 5.54 Å². The molecule has 0 radical (unpaired) electrons. The fourth-order valence-corrected chi connectivity index (χ4v) is 2.70. The Morgan fingerprint density at radius 2 is 2.00 bits per heavy atom. The van der Waals surface area contributed by atoms with Crippen molar-refractivity contribution in [3.05, 3.63) is 18.7 Å². The first-order chi connectivity index (χ1) is 9.14. The number of hydrogen-bond acceptors (Lipinski definition) is 3. The Labute approximate surface area is 112 Å². The van der Waals surface area contributed by atoms with Gasteiger partial charge in [0.2, 0.25) is 0 Å². The van der Waals surface area contributed by atoms with Gasteiger partial charge in [0.25, 0.3) is 5.91 Å². The van der Waals surface area contributed by atoms with Crippen LogP contribution in [-0.2, 0) is 11.3 Å². The largest absolute Gasteiger partial charge is 0.337 e. The van der Waals surface area contributed by atoms with E-state index in [1.807, 2.05) is 24.6 Å². The van der Waals surface area contributed by atoms with Gasteiger partial charge in [-0.25, -0.2) is 9.78 Å². The van der Waals surface area contributed by atoms with Crippen molar-refractivity contribution in [2.45, 2.75) is 45.2 Å². The molecule has 1 aliphatic heterocycles. The standard InChI is InChI=1S/C13H20N4O2/c1-3-13(4-2)11(18)15-12(19)17(13)8-5-7-16-9-6-14-10-16/h6,9-10H,3-5,7-8H2,1-2H3,(H,15,18,19). The van der Waals surface area contributed by atoms with E-state index >= 15 is 0 Å². The number of nitrogens with one attached hydrogen (secondary N) is 1. The molecule has 0 unspecified atom stereocenters. The third-order valence-electron chi connectivity index (χ3n) is 3.93. The lowest BCUT2D eigenvalue weighted by atomic mass is 9.91. The van der Waals surface area contributed by atoms with Crippen molar-refractivity contribution < 1.29 is 9.59 Å². The maximum Gasteiger partial charge on any atom is 0.325 e. The molecule has 2 heterocycles. The van der Waals surface area contributed by atoms with Crippen molar-refractivity contribution in [3.8, 4) is 0 Å². The van der Waals surface area contributed by atoms with Crippen LogP contribution in [0.25, 0.3) is 0 Å². The minimum atomic E-state index is -0.661. The lowest BCUT2D eigenvalue weighted by Gasteiger charge is -2.33. The quantitative estimate of drug-likeness (QED) is 0.789. The summed E-state index contributed by atoms with van der Waals surface area (Å²) in [5.41, 5.74) is -0.661. The average Bonchev–Trinajstić information content (AvgIpc) is 2.98. The summed E-state index contributed by atoms with van der Waals surface area (Å²) >= 11 is 0. The van der Waals surface area contributed by atoms with Crippen molar-refractivity contribution >= 4 is 11.9 Å². The molecule has 0 spiro atoms. The maximum atomic E-state index is 12.0. The zero-order chi connectivity index (χ0) is 13.9. The number of carbonyl (C=O) groups is 2. The molecule has 3 amide bonds. The summed E-state index contributed by atoms with van der Waals surface area (Å²) in [7, 11) is 0. The monoisotopic (exact) mass is 264 g/mol. The number of urea groups is 1. The molecule has 19 heavy (non-hydrogen) atoms. The van der Waals surface area contributed by atoms with E-state index in [-0.39, 0.29) is 11.9 Å². The summed E-state index contributed by atoms with van der Waals surface area (Å²) in [6, 6.07) is -0.265. The topological polar surface area (TPSA) is 67.2 Å². The van der Waals surface area contributed by atoms with Crippen molar-refractivity contribution in [2.75, 3.05) is 6.54 Å². The lowest BCUT2D eigenvalue weighted by Crippen LogP contribution is -2.49. The summed E-state index contributed by atoms with van der Waals surface area (Å²) < 4.78 is 1.97. The molecular weight excluding hydrogens is 244 g/mol. The van der Waals surface area contributed by atoms with Gasteiger partial charge < -0.3 is 9.47 Å². The van der Waals surface area contributed by atoms with Gasteiger partial charge in [0.15, 0.2) is 0 Å². The number of carbonyl (C=O) groups excluding carboxylic acids is 2. The van der Waals surface area contributed by atoms with Crippen LogP contribution >= 0.6 is 0 Å². The summed E-state index contributed by atoms with van der Waals surface area (Å²) in [5, 5.41) is 2.43. The Hall–Kier alpha value is -1.85. The van der Waals surface area contributed by atoms with Crippen molar-refractivity contribution in [3.63, 3.8) is 0 Å². The van der Waals surface area contributed by atoms with Gasteiger partial charge >= 0.3 is 6.03 Å². The van der Waals surface area contributed by atoms with Crippen LogP contribution in [0, 0.1) is 0 Å². The number of aromatic nitrogens is 2. The highest BCUT2D eigenvalue weighted by atomic mass is 16.2. The van der Waals surface area contributed by atoms with Crippen LogP contribution < -0.4 is 5.32 Å². The number of hydrogen-bond donors (Lipinski definition) is 1. The Morgan fingerprint density at radius 1 is 1.26 bits per heavy atom. The third-order valence-corrected chi connectivity index (χ3v) is 3.93. The summed E-state index contributed by atoms with van der Waals surface area (Å²) in [6.45, 7) is 5.27. The van der Waals surface area contributed by atoms with Crippen molar-refractivity contribution in [1.29, 1.82) is 0 Å². The molecule has 1 aromatic heterocycles. The van der Waals surface area contributed by atoms with Gasteiger partial charge in [-0.1, -0.05) is 13.8 Å². The van der Waals surface area contributed by atoms with Crippen molar-refractivity contribution in [1.82, 2.24) is 19.8 Å². The van der Waals surface area contributed by atoms with E-state index in [1.54, 1.807) is 17.4 Å². The predicted octanol–water partition coefficient (Wildman–Crippen LogP) is 1.38. The van der Waals surface area contributed by atoms with Gasteiger partial charge in [0, 0.05) is 25.5 Å². The number of imidazole rings is 1. The van der Waals surface area contributed by atoms with E-state index in [2.05, 4.69) is 10.3 Å². The second-order valence-corrected chi connectivity index (χ2v) is 4.80. The Balaban J connectivity index is 2.00. The second-order valence-electron chi connectivity index (χ2n) is 4.80. The first-order valence-corrected chi connectivity index (χ1v) is 6.73. The molecule has 6 heteroatoms. The number of amides is 3. The highest BCUT2D eigenvalue weighted by Gasteiger charge is 2.49. The van der Waals surface area contributed by atoms with Gasteiger partial charge in [-0.05, 0) is 19.3 Å². The molecule has 1 saturated heterocycles. The molecule has 0 bridgehead atoms. The van der Waals surface area contributed by atoms with Crippen LogP contribution in [0.2, 0.25) is 0 Å². The van der Waals surface area contributed by atoms with E-state index in [0.29, 0.717) is 19.4 Å². The lowest BCUT2D eigenvalue weighted by molar-refractivity contribution is -0.127. The molecule has 1 aromatic rings. The molecule has 0 aliphatic carbocycles. The normalized spacial score (nSPS) is 17.9. The number of rotatable bonds is 6. The molecule has 1 aliphatic rings.